The molecule has 0 aliphatic rings. The van der Waals surface area contributed by atoms with Crippen molar-refractivity contribution in [3.05, 3.63) is 30.1 Å². The first kappa shape index (κ1) is 17.6. The summed E-state index contributed by atoms with van der Waals surface area (Å²) in [7, 11) is 1.98. The van der Waals surface area contributed by atoms with Gasteiger partial charge in [-0.3, -0.25) is 0 Å². The quantitative estimate of drug-likeness (QED) is 0.509. The van der Waals surface area contributed by atoms with Gasteiger partial charge in [-0.05, 0) is 31.2 Å². The number of para-hydroxylation sites is 1. The fourth-order valence-electron chi connectivity index (χ4n) is 2.88. The van der Waals surface area contributed by atoms with Crippen LogP contribution in [0, 0.1) is 6.92 Å². The van der Waals surface area contributed by atoms with Crippen molar-refractivity contribution in [2.24, 2.45) is 7.05 Å². The van der Waals surface area contributed by atoms with Gasteiger partial charge in [0.1, 0.15) is 11.3 Å². The Hall–Kier alpha value is -2.81. The first-order valence-corrected chi connectivity index (χ1v) is 9.69. The molecular weight excluding hydrogens is 360 g/mol. The van der Waals surface area contributed by atoms with E-state index >= 15 is 0 Å². The summed E-state index contributed by atoms with van der Waals surface area (Å²) in [5.41, 5.74) is 2.67. The molecular formula is C18H20N8S. The predicted molar refractivity (Wildman–Crippen MR) is 106 cm³/mol. The van der Waals surface area contributed by atoms with Crippen LogP contribution >= 0.6 is 11.8 Å². The van der Waals surface area contributed by atoms with Gasteiger partial charge in [0.2, 0.25) is 16.3 Å². The Bertz CT molecular complexity index is 1110. The molecule has 0 aliphatic carbocycles. The number of nitrogens with one attached hydrogen (secondary N) is 1. The third kappa shape index (κ3) is 3.55. The molecule has 8 nitrogen and oxygen atoms in total. The molecule has 1 aromatic carbocycles. The van der Waals surface area contributed by atoms with Crippen LogP contribution in [-0.2, 0) is 7.05 Å². The fraction of sp³-hybridized carbons (Fsp3) is 0.333. The van der Waals surface area contributed by atoms with Crippen LogP contribution in [0.4, 0.5) is 5.95 Å². The molecule has 9 heteroatoms. The Morgan fingerprint density at radius 1 is 1.04 bits per heavy atom. The third-order valence-corrected chi connectivity index (χ3v) is 4.93. The molecule has 0 bridgehead atoms. The van der Waals surface area contributed by atoms with Gasteiger partial charge in [-0.15, -0.1) is 10.2 Å². The molecule has 0 amide bonds. The van der Waals surface area contributed by atoms with Crippen molar-refractivity contribution in [3.8, 4) is 0 Å². The summed E-state index contributed by atoms with van der Waals surface area (Å²) in [6.07, 6.45) is 2.18. The number of rotatable bonds is 6. The molecule has 4 rings (SSSR count). The molecule has 3 aromatic heterocycles. The lowest BCUT2D eigenvalue weighted by molar-refractivity contribution is 0.799. The van der Waals surface area contributed by atoms with Gasteiger partial charge in [0.05, 0.1) is 5.52 Å². The molecule has 1 N–H and O–H groups in total. The van der Waals surface area contributed by atoms with Gasteiger partial charge in [-0.1, -0.05) is 31.5 Å². The number of aryl methyl sites for hydroxylation is 2. The molecule has 0 fully saturated rings. The summed E-state index contributed by atoms with van der Waals surface area (Å²) >= 11 is 1.29. The van der Waals surface area contributed by atoms with Gasteiger partial charge in [0.15, 0.2) is 5.65 Å². The Morgan fingerprint density at radius 3 is 2.74 bits per heavy atom. The smallest absolute Gasteiger partial charge is 0.226 e. The van der Waals surface area contributed by atoms with Crippen molar-refractivity contribution in [2.75, 3.05) is 11.9 Å². The van der Waals surface area contributed by atoms with Crippen LogP contribution in [-0.4, -0.2) is 41.2 Å². The van der Waals surface area contributed by atoms with Gasteiger partial charge in [0, 0.05) is 19.0 Å². The Kier molecular flexibility index (Phi) is 4.85. The first-order chi connectivity index (χ1) is 13.2. The van der Waals surface area contributed by atoms with Gasteiger partial charge in [-0.25, -0.2) is 9.97 Å². The van der Waals surface area contributed by atoms with E-state index in [1.54, 1.807) is 0 Å². The maximum atomic E-state index is 4.67. The molecule has 0 unspecified atom stereocenters. The molecule has 138 valence electrons. The highest BCUT2D eigenvalue weighted by Gasteiger charge is 2.14. The van der Waals surface area contributed by atoms with Crippen LogP contribution in [0.15, 0.2) is 34.6 Å². The second-order valence-electron chi connectivity index (χ2n) is 6.21. The van der Waals surface area contributed by atoms with E-state index in [1.807, 2.05) is 36.7 Å². The van der Waals surface area contributed by atoms with E-state index in [0.717, 1.165) is 41.5 Å². The zero-order valence-corrected chi connectivity index (χ0v) is 16.3. The predicted octanol–water partition coefficient (Wildman–Crippen LogP) is 3.37. The lowest BCUT2D eigenvalue weighted by Gasteiger charge is -2.06. The number of fused-ring (bicyclic) bond motifs is 3. The fourth-order valence-corrected chi connectivity index (χ4v) is 3.56. The molecule has 3 heterocycles. The van der Waals surface area contributed by atoms with Crippen molar-refractivity contribution in [2.45, 2.75) is 37.0 Å². The van der Waals surface area contributed by atoms with E-state index in [1.165, 1.54) is 11.8 Å². The molecule has 0 spiro atoms. The zero-order valence-electron chi connectivity index (χ0n) is 15.5. The molecule has 27 heavy (non-hydrogen) atoms. The van der Waals surface area contributed by atoms with Crippen LogP contribution in [0.2, 0.25) is 0 Å². The average Bonchev–Trinajstić information content (AvgIpc) is 2.94. The van der Waals surface area contributed by atoms with Gasteiger partial charge < -0.3 is 9.88 Å². The van der Waals surface area contributed by atoms with E-state index in [-0.39, 0.29) is 0 Å². The monoisotopic (exact) mass is 380 g/mol. The van der Waals surface area contributed by atoms with Crippen molar-refractivity contribution >= 4 is 39.8 Å². The summed E-state index contributed by atoms with van der Waals surface area (Å²) in [6, 6.07) is 8.08. The largest absolute Gasteiger partial charge is 0.354 e. The lowest BCUT2D eigenvalue weighted by Crippen LogP contribution is -2.08. The summed E-state index contributed by atoms with van der Waals surface area (Å²) in [5.74, 6) is 1.24. The van der Waals surface area contributed by atoms with Crippen LogP contribution in [0.3, 0.4) is 0 Å². The van der Waals surface area contributed by atoms with Crippen LogP contribution in [0.1, 0.15) is 25.6 Å². The van der Waals surface area contributed by atoms with E-state index in [9.17, 15) is 0 Å². The molecule has 4 aromatic rings. The normalized spacial score (nSPS) is 11.4. The number of unbranched alkanes of at least 4 members (excludes halogenated alkanes) is 1. The SMILES string of the molecule is CCCCNc1nc(C)nc(Sc2nnc3c4ccccc4n(C)c3n2)n1. The topological polar surface area (TPSA) is 94.3 Å². The van der Waals surface area contributed by atoms with E-state index in [4.69, 9.17) is 0 Å². The molecule has 0 atom stereocenters. The number of hydrogen-bond donors (Lipinski definition) is 1. The lowest BCUT2D eigenvalue weighted by atomic mass is 10.2. The summed E-state index contributed by atoms with van der Waals surface area (Å²) < 4.78 is 2.03. The Balaban J connectivity index is 1.65. The van der Waals surface area contributed by atoms with Gasteiger partial charge in [0.25, 0.3) is 0 Å². The highest BCUT2D eigenvalue weighted by molar-refractivity contribution is 7.99. The summed E-state index contributed by atoms with van der Waals surface area (Å²) in [6.45, 7) is 4.84. The molecule has 0 radical (unpaired) electrons. The van der Waals surface area contributed by atoms with Gasteiger partial charge >= 0.3 is 0 Å². The molecule has 0 saturated heterocycles. The van der Waals surface area contributed by atoms with Crippen molar-refractivity contribution < 1.29 is 0 Å². The molecule has 0 aliphatic heterocycles. The van der Waals surface area contributed by atoms with E-state index in [2.05, 4.69) is 48.4 Å². The van der Waals surface area contributed by atoms with Crippen LogP contribution < -0.4 is 5.32 Å². The summed E-state index contributed by atoms with van der Waals surface area (Å²) in [5, 5.41) is 14.0. The zero-order chi connectivity index (χ0) is 18.8. The second kappa shape index (κ2) is 7.43. The Morgan fingerprint density at radius 2 is 1.89 bits per heavy atom. The van der Waals surface area contributed by atoms with Gasteiger partial charge in [-0.2, -0.15) is 9.97 Å². The average molecular weight is 380 g/mol. The maximum absolute atomic E-state index is 4.67. The van der Waals surface area contributed by atoms with E-state index in [0.29, 0.717) is 22.1 Å². The van der Waals surface area contributed by atoms with Crippen molar-refractivity contribution in [1.82, 2.24) is 34.7 Å². The maximum Gasteiger partial charge on any atom is 0.226 e. The number of benzene rings is 1. The van der Waals surface area contributed by atoms with E-state index < -0.39 is 0 Å². The Labute approximate surface area is 160 Å². The molecule has 0 saturated carbocycles. The van der Waals surface area contributed by atoms with Crippen LogP contribution in [0.5, 0.6) is 0 Å². The number of aromatic nitrogens is 7. The second-order valence-corrected chi connectivity index (χ2v) is 7.15. The summed E-state index contributed by atoms with van der Waals surface area (Å²) in [4.78, 5) is 17.9. The number of nitrogens with zero attached hydrogens (tertiary/aromatic N) is 7. The highest BCUT2D eigenvalue weighted by atomic mass is 32.2. The highest BCUT2D eigenvalue weighted by Crippen LogP contribution is 2.27. The minimum atomic E-state index is 0.513. The minimum absolute atomic E-state index is 0.513. The number of hydrogen-bond acceptors (Lipinski definition) is 8. The minimum Gasteiger partial charge on any atom is -0.354 e. The van der Waals surface area contributed by atoms with Crippen LogP contribution in [0.25, 0.3) is 22.1 Å². The third-order valence-electron chi connectivity index (χ3n) is 4.21. The van der Waals surface area contributed by atoms with Crippen molar-refractivity contribution in [1.29, 1.82) is 0 Å². The van der Waals surface area contributed by atoms with Crippen molar-refractivity contribution in [3.63, 3.8) is 0 Å². The number of anilines is 1. The standard InChI is InChI=1S/C18H20N8S/c1-4-5-10-19-16-20-11(2)21-17(23-16)27-18-22-15-14(24-25-18)12-8-6-7-9-13(12)26(15)3/h6-9H,4-5,10H2,1-3H3,(H,19,20,21,23). The first-order valence-electron chi connectivity index (χ1n) is 8.88.